The van der Waals surface area contributed by atoms with Gasteiger partial charge in [0.15, 0.2) is 5.82 Å². The summed E-state index contributed by atoms with van der Waals surface area (Å²) in [6, 6.07) is 9.77. The summed E-state index contributed by atoms with van der Waals surface area (Å²) in [5.74, 6) is 5.57. The van der Waals surface area contributed by atoms with Crippen LogP contribution in [0.5, 0.6) is 0 Å². The summed E-state index contributed by atoms with van der Waals surface area (Å²) in [4.78, 5) is 18.4. The van der Waals surface area contributed by atoms with Gasteiger partial charge in [0, 0.05) is 19.3 Å². The third-order valence-corrected chi connectivity index (χ3v) is 3.93. The van der Waals surface area contributed by atoms with E-state index < -0.39 is 0 Å². The van der Waals surface area contributed by atoms with Crippen LogP contribution < -0.4 is 11.3 Å². The summed E-state index contributed by atoms with van der Waals surface area (Å²) >= 11 is 6.02. The lowest BCUT2D eigenvalue weighted by Crippen LogP contribution is -2.36. The van der Waals surface area contributed by atoms with Gasteiger partial charge in [0.1, 0.15) is 0 Å². The van der Waals surface area contributed by atoms with Gasteiger partial charge in [-0.25, -0.2) is 10.8 Å². The summed E-state index contributed by atoms with van der Waals surface area (Å²) < 4.78 is 0. The third kappa shape index (κ3) is 2.70. The average molecular weight is 303 g/mol. The molecular formula is C15H15ClN4O. The van der Waals surface area contributed by atoms with E-state index in [1.165, 1.54) is 17.3 Å². The van der Waals surface area contributed by atoms with Crippen molar-refractivity contribution in [2.75, 3.05) is 12.0 Å². The number of halogens is 1. The SMILES string of the molecule is NNc1ncc(C(=O)N2CCc3ccccc3C2)cc1Cl. The second-order valence-electron chi connectivity index (χ2n) is 4.94. The number of fused-ring (bicyclic) bond motifs is 1. The molecule has 1 aromatic carbocycles. The van der Waals surface area contributed by atoms with Crippen molar-refractivity contribution in [2.45, 2.75) is 13.0 Å². The van der Waals surface area contributed by atoms with Gasteiger partial charge in [0.05, 0.1) is 10.6 Å². The first-order valence-electron chi connectivity index (χ1n) is 6.67. The number of benzene rings is 1. The van der Waals surface area contributed by atoms with Crippen LogP contribution in [0.3, 0.4) is 0 Å². The van der Waals surface area contributed by atoms with E-state index in [-0.39, 0.29) is 5.91 Å². The van der Waals surface area contributed by atoms with Crippen molar-refractivity contribution in [3.05, 3.63) is 58.2 Å². The van der Waals surface area contributed by atoms with Crippen molar-refractivity contribution in [1.82, 2.24) is 9.88 Å². The summed E-state index contributed by atoms with van der Waals surface area (Å²) in [6.45, 7) is 1.31. The maximum Gasteiger partial charge on any atom is 0.255 e. The fourth-order valence-electron chi connectivity index (χ4n) is 2.51. The number of anilines is 1. The summed E-state index contributed by atoms with van der Waals surface area (Å²) in [5.41, 5.74) is 5.35. The molecule has 0 fully saturated rings. The molecule has 108 valence electrons. The molecule has 0 radical (unpaired) electrons. The minimum atomic E-state index is -0.0672. The molecule has 3 rings (SSSR count). The number of rotatable bonds is 2. The number of amides is 1. The zero-order valence-corrected chi connectivity index (χ0v) is 12.1. The topological polar surface area (TPSA) is 71.2 Å². The molecule has 1 aliphatic heterocycles. The van der Waals surface area contributed by atoms with Gasteiger partial charge in [-0.3, -0.25) is 4.79 Å². The number of nitrogens with two attached hydrogens (primary N) is 1. The largest absolute Gasteiger partial charge is 0.334 e. The van der Waals surface area contributed by atoms with Gasteiger partial charge in [-0.1, -0.05) is 35.9 Å². The van der Waals surface area contributed by atoms with Gasteiger partial charge in [-0.2, -0.15) is 0 Å². The minimum absolute atomic E-state index is 0.0672. The van der Waals surface area contributed by atoms with Crippen LogP contribution in [0.15, 0.2) is 36.5 Å². The van der Waals surface area contributed by atoms with Crippen molar-refractivity contribution in [3.8, 4) is 0 Å². The number of pyridine rings is 1. The first kappa shape index (κ1) is 13.9. The molecule has 0 saturated heterocycles. The van der Waals surface area contributed by atoms with Gasteiger partial charge < -0.3 is 10.3 Å². The third-order valence-electron chi connectivity index (χ3n) is 3.64. The Morgan fingerprint density at radius 1 is 1.33 bits per heavy atom. The Morgan fingerprint density at radius 3 is 2.81 bits per heavy atom. The Hall–Kier alpha value is -2.11. The Morgan fingerprint density at radius 2 is 2.10 bits per heavy atom. The van der Waals surface area contributed by atoms with Crippen LogP contribution in [0.1, 0.15) is 21.5 Å². The number of nitrogen functional groups attached to an aromatic ring is 1. The van der Waals surface area contributed by atoms with Crippen LogP contribution >= 0.6 is 11.6 Å². The van der Waals surface area contributed by atoms with E-state index in [1.54, 1.807) is 6.07 Å². The predicted octanol–water partition coefficient (Wildman–Crippen LogP) is 2.22. The average Bonchev–Trinajstić information content (AvgIpc) is 2.53. The van der Waals surface area contributed by atoms with Crippen LogP contribution in [-0.4, -0.2) is 22.3 Å². The molecule has 5 nitrogen and oxygen atoms in total. The van der Waals surface area contributed by atoms with E-state index >= 15 is 0 Å². The quantitative estimate of drug-likeness (QED) is 0.659. The van der Waals surface area contributed by atoms with Crippen LogP contribution in [0.25, 0.3) is 0 Å². The molecule has 6 heteroatoms. The molecule has 0 unspecified atom stereocenters. The summed E-state index contributed by atoms with van der Waals surface area (Å²) in [7, 11) is 0. The highest BCUT2D eigenvalue weighted by Crippen LogP contribution is 2.23. The van der Waals surface area contributed by atoms with Gasteiger partial charge in [-0.15, -0.1) is 0 Å². The molecule has 2 aromatic rings. The highest BCUT2D eigenvalue weighted by Gasteiger charge is 2.22. The van der Waals surface area contributed by atoms with Gasteiger partial charge in [-0.05, 0) is 23.6 Å². The Labute approximate surface area is 127 Å². The first-order chi connectivity index (χ1) is 10.2. The number of nitrogens with one attached hydrogen (secondary N) is 1. The lowest BCUT2D eigenvalue weighted by molar-refractivity contribution is 0.0734. The molecule has 1 aromatic heterocycles. The fraction of sp³-hybridized carbons (Fsp3) is 0.200. The van der Waals surface area contributed by atoms with E-state index in [2.05, 4.69) is 22.5 Å². The number of hydrogen-bond acceptors (Lipinski definition) is 4. The number of aromatic nitrogens is 1. The number of hydrogen-bond donors (Lipinski definition) is 2. The molecule has 2 heterocycles. The predicted molar refractivity (Wildman–Crippen MR) is 81.9 cm³/mol. The molecule has 0 atom stereocenters. The van der Waals surface area contributed by atoms with Crippen molar-refractivity contribution in [3.63, 3.8) is 0 Å². The van der Waals surface area contributed by atoms with Crippen LogP contribution in [0.2, 0.25) is 5.02 Å². The molecule has 21 heavy (non-hydrogen) atoms. The van der Waals surface area contributed by atoms with E-state index in [0.717, 1.165) is 6.42 Å². The Bertz CT molecular complexity index is 689. The van der Waals surface area contributed by atoms with Gasteiger partial charge in [0.2, 0.25) is 0 Å². The second-order valence-corrected chi connectivity index (χ2v) is 5.35. The molecule has 1 amide bonds. The highest BCUT2D eigenvalue weighted by molar-refractivity contribution is 6.33. The number of hydrazine groups is 1. The van der Waals surface area contributed by atoms with E-state index in [9.17, 15) is 4.79 Å². The van der Waals surface area contributed by atoms with E-state index in [4.69, 9.17) is 17.4 Å². The highest BCUT2D eigenvalue weighted by atomic mass is 35.5. The van der Waals surface area contributed by atoms with E-state index in [0.29, 0.717) is 29.5 Å². The monoisotopic (exact) mass is 302 g/mol. The maximum absolute atomic E-state index is 12.5. The zero-order chi connectivity index (χ0) is 14.8. The lowest BCUT2D eigenvalue weighted by atomic mass is 9.99. The van der Waals surface area contributed by atoms with Crippen molar-refractivity contribution < 1.29 is 4.79 Å². The summed E-state index contributed by atoms with van der Waals surface area (Å²) in [6.07, 6.45) is 2.36. The Kier molecular flexibility index (Phi) is 3.77. The van der Waals surface area contributed by atoms with Gasteiger partial charge >= 0.3 is 0 Å². The normalized spacial score (nSPS) is 13.7. The molecule has 1 aliphatic rings. The number of carbonyl (C=O) groups excluding carboxylic acids is 1. The standard InChI is InChI=1S/C15H15ClN4O/c16-13-7-12(8-18-14(13)19-17)15(21)20-6-5-10-3-1-2-4-11(10)9-20/h1-4,7-8H,5-6,9,17H2,(H,18,19). The van der Waals surface area contributed by atoms with Crippen molar-refractivity contribution in [2.24, 2.45) is 5.84 Å². The number of nitrogens with zero attached hydrogens (tertiary/aromatic N) is 2. The Balaban J connectivity index is 1.82. The lowest BCUT2D eigenvalue weighted by Gasteiger charge is -2.29. The molecule has 0 aliphatic carbocycles. The smallest absolute Gasteiger partial charge is 0.255 e. The molecular weight excluding hydrogens is 288 g/mol. The maximum atomic E-state index is 12.5. The van der Waals surface area contributed by atoms with Gasteiger partial charge in [0.25, 0.3) is 5.91 Å². The summed E-state index contributed by atoms with van der Waals surface area (Å²) in [5, 5.41) is 0.334. The molecule has 0 saturated carbocycles. The molecule has 3 N–H and O–H groups in total. The van der Waals surface area contributed by atoms with E-state index in [1.807, 2.05) is 17.0 Å². The molecule has 0 spiro atoms. The second kappa shape index (κ2) is 5.71. The molecule has 0 bridgehead atoms. The van der Waals surface area contributed by atoms with Crippen LogP contribution in [-0.2, 0) is 13.0 Å². The fourth-order valence-corrected chi connectivity index (χ4v) is 2.73. The van der Waals surface area contributed by atoms with Crippen LogP contribution in [0.4, 0.5) is 5.82 Å². The zero-order valence-electron chi connectivity index (χ0n) is 11.3. The minimum Gasteiger partial charge on any atom is -0.334 e. The number of carbonyl (C=O) groups is 1. The van der Waals surface area contributed by atoms with Crippen LogP contribution in [0, 0.1) is 0 Å². The van der Waals surface area contributed by atoms with Crippen molar-refractivity contribution >= 4 is 23.3 Å². The van der Waals surface area contributed by atoms with Crippen molar-refractivity contribution in [1.29, 1.82) is 0 Å². The first-order valence-corrected chi connectivity index (χ1v) is 7.05.